The molecule has 3 heterocycles. The van der Waals surface area contributed by atoms with Gasteiger partial charge in [0.1, 0.15) is 11.5 Å². The van der Waals surface area contributed by atoms with Crippen LogP contribution in [0.2, 0.25) is 0 Å². The molecule has 0 bridgehead atoms. The number of hydrogen-bond acceptors (Lipinski definition) is 5. The molecule has 0 aliphatic carbocycles. The lowest BCUT2D eigenvalue weighted by molar-refractivity contribution is -0.116. The highest BCUT2D eigenvalue weighted by Gasteiger charge is 2.33. The Morgan fingerprint density at radius 3 is 2.37 bits per heavy atom. The van der Waals surface area contributed by atoms with Crippen LogP contribution in [0.15, 0.2) is 61.2 Å². The first kappa shape index (κ1) is 23.0. The van der Waals surface area contributed by atoms with Crippen LogP contribution in [0.25, 0.3) is 16.1 Å². The summed E-state index contributed by atoms with van der Waals surface area (Å²) in [6.07, 6.45) is 0. The normalized spacial score (nSPS) is 15.3. The van der Waals surface area contributed by atoms with Crippen molar-refractivity contribution < 1.29 is 19.1 Å². The number of amides is 3. The summed E-state index contributed by atoms with van der Waals surface area (Å²) < 4.78 is 5.40. The summed E-state index contributed by atoms with van der Waals surface area (Å²) in [6, 6.07) is 17.0. The van der Waals surface area contributed by atoms with Crippen LogP contribution in [0.3, 0.4) is 0 Å². The SMILES string of the molecule is C=C1c2ccccc2C(=O)N1CC(=O)Nc1sc(-c2ccccc2)c(C)c1C(=O)N1CCOCC1. The number of thiophene rings is 1. The van der Waals surface area contributed by atoms with E-state index in [1.54, 1.807) is 17.0 Å². The van der Waals surface area contributed by atoms with E-state index >= 15 is 0 Å². The lowest BCUT2D eigenvalue weighted by atomic mass is 10.1. The van der Waals surface area contributed by atoms with E-state index in [-0.39, 0.29) is 24.3 Å². The van der Waals surface area contributed by atoms with E-state index in [2.05, 4.69) is 11.9 Å². The molecule has 1 N–H and O–H groups in total. The number of nitrogens with zero attached hydrogens (tertiary/aromatic N) is 2. The topological polar surface area (TPSA) is 79.0 Å². The van der Waals surface area contributed by atoms with Gasteiger partial charge in [-0.25, -0.2) is 0 Å². The second-order valence-electron chi connectivity index (χ2n) is 8.46. The molecule has 2 aromatic carbocycles. The predicted molar refractivity (Wildman–Crippen MR) is 136 cm³/mol. The summed E-state index contributed by atoms with van der Waals surface area (Å²) in [5.41, 5.74) is 4.04. The van der Waals surface area contributed by atoms with Crippen molar-refractivity contribution in [2.75, 3.05) is 38.2 Å². The van der Waals surface area contributed by atoms with Crippen molar-refractivity contribution in [1.82, 2.24) is 9.80 Å². The van der Waals surface area contributed by atoms with Crippen molar-refractivity contribution >= 4 is 39.8 Å². The molecule has 8 heteroatoms. The molecule has 2 aliphatic rings. The third-order valence-electron chi connectivity index (χ3n) is 6.29. The number of hydrogen-bond donors (Lipinski definition) is 1. The average Bonchev–Trinajstić information content (AvgIpc) is 3.33. The zero-order chi connectivity index (χ0) is 24.5. The molecule has 178 valence electrons. The summed E-state index contributed by atoms with van der Waals surface area (Å²) in [6.45, 7) is 7.71. The first-order valence-corrected chi connectivity index (χ1v) is 12.2. The number of ether oxygens (including phenoxy) is 1. The maximum absolute atomic E-state index is 13.5. The Morgan fingerprint density at radius 2 is 1.69 bits per heavy atom. The Morgan fingerprint density at radius 1 is 1.03 bits per heavy atom. The molecule has 1 saturated heterocycles. The molecule has 35 heavy (non-hydrogen) atoms. The molecular weight excluding hydrogens is 462 g/mol. The van der Waals surface area contributed by atoms with Gasteiger partial charge in [0.15, 0.2) is 0 Å². The predicted octanol–water partition coefficient (Wildman–Crippen LogP) is 4.26. The number of carbonyl (C=O) groups is 3. The molecule has 0 atom stereocenters. The minimum absolute atomic E-state index is 0.131. The van der Waals surface area contributed by atoms with Crippen molar-refractivity contribution in [3.8, 4) is 10.4 Å². The fourth-order valence-electron chi connectivity index (χ4n) is 4.46. The molecule has 5 rings (SSSR count). The lowest BCUT2D eigenvalue weighted by Gasteiger charge is -2.27. The van der Waals surface area contributed by atoms with Crippen molar-refractivity contribution in [3.63, 3.8) is 0 Å². The van der Waals surface area contributed by atoms with E-state index in [0.29, 0.717) is 48.1 Å². The van der Waals surface area contributed by atoms with Crippen LogP contribution in [-0.2, 0) is 9.53 Å². The molecule has 0 unspecified atom stereocenters. The molecule has 0 saturated carbocycles. The highest BCUT2D eigenvalue weighted by molar-refractivity contribution is 7.20. The Labute approximate surface area is 207 Å². The molecule has 1 fully saturated rings. The van der Waals surface area contributed by atoms with Gasteiger partial charge in [-0.2, -0.15) is 0 Å². The molecule has 1 aromatic heterocycles. The van der Waals surface area contributed by atoms with E-state index in [1.165, 1.54) is 16.2 Å². The number of benzene rings is 2. The molecule has 0 radical (unpaired) electrons. The highest BCUT2D eigenvalue weighted by atomic mass is 32.1. The highest BCUT2D eigenvalue weighted by Crippen LogP contribution is 2.41. The summed E-state index contributed by atoms with van der Waals surface area (Å²) in [4.78, 5) is 43.5. The number of fused-ring (bicyclic) bond motifs is 1. The van der Waals surface area contributed by atoms with Gasteiger partial charge in [0.2, 0.25) is 5.91 Å². The van der Waals surface area contributed by atoms with Crippen LogP contribution in [0, 0.1) is 6.92 Å². The van der Waals surface area contributed by atoms with Gasteiger partial charge < -0.3 is 15.0 Å². The van der Waals surface area contributed by atoms with Gasteiger partial charge in [-0.15, -0.1) is 11.3 Å². The van der Waals surface area contributed by atoms with Crippen LogP contribution >= 0.6 is 11.3 Å². The number of nitrogens with one attached hydrogen (secondary N) is 1. The Kier molecular flexibility index (Phi) is 6.23. The number of carbonyl (C=O) groups excluding carboxylic acids is 3. The van der Waals surface area contributed by atoms with Crippen LogP contribution in [0.4, 0.5) is 5.00 Å². The number of morpholine rings is 1. The van der Waals surface area contributed by atoms with E-state index in [0.717, 1.165) is 21.6 Å². The number of rotatable bonds is 5. The van der Waals surface area contributed by atoms with E-state index in [4.69, 9.17) is 4.74 Å². The summed E-state index contributed by atoms with van der Waals surface area (Å²) in [5, 5.41) is 3.41. The molecule has 3 amide bonds. The second-order valence-corrected chi connectivity index (χ2v) is 9.48. The Bertz CT molecular complexity index is 1290. The smallest absolute Gasteiger partial charge is 0.259 e. The second kappa shape index (κ2) is 9.48. The fourth-order valence-corrected chi connectivity index (χ4v) is 5.68. The van der Waals surface area contributed by atoms with Crippen LogP contribution < -0.4 is 5.32 Å². The Hall–Kier alpha value is -3.75. The van der Waals surface area contributed by atoms with E-state index < -0.39 is 0 Å². The standard InChI is InChI=1S/C27H25N3O4S/c1-17-23(27(33)29-12-14-34-15-13-29)25(35-24(17)19-8-4-3-5-9-19)28-22(31)16-30-18(2)20-10-6-7-11-21(20)26(30)32/h3-11H,2,12-16H2,1H3,(H,28,31). The van der Waals surface area contributed by atoms with Crippen LogP contribution in [0.5, 0.6) is 0 Å². The zero-order valence-corrected chi connectivity index (χ0v) is 20.2. The van der Waals surface area contributed by atoms with Gasteiger partial charge in [0.05, 0.1) is 18.8 Å². The first-order chi connectivity index (χ1) is 17.0. The van der Waals surface area contributed by atoms with Crippen molar-refractivity contribution in [3.05, 3.63) is 83.4 Å². The van der Waals surface area contributed by atoms with Gasteiger partial charge in [0, 0.05) is 34.8 Å². The minimum Gasteiger partial charge on any atom is -0.378 e. The lowest BCUT2D eigenvalue weighted by Crippen LogP contribution is -2.41. The maximum atomic E-state index is 13.5. The van der Waals surface area contributed by atoms with Crippen molar-refractivity contribution in [2.45, 2.75) is 6.92 Å². The zero-order valence-electron chi connectivity index (χ0n) is 19.4. The molecule has 7 nitrogen and oxygen atoms in total. The van der Waals surface area contributed by atoms with Gasteiger partial charge in [-0.05, 0) is 24.1 Å². The Balaban J connectivity index is 1.43. The number of anilines is 1. The van der Waals surface area contributed by atoms with Gasteiger partial charge in [0.25, 0.3) is 11.8 Å². The largest absolute Gasteiger partial charge is 0.378 e. The maximum Gasteiger partial charge on any atom is 0.259 e. The third kappa shape index (κ3) is 4.26. The van der Waals surface area contributed by atoms with E-state index in [1.807, 2.05) is 49.4 Å². The third-order valence-corrected chi connectivity index (χ3v) is 7.55. The summed E-state index contributed by atoms with van der Waals surface area (Å²) in [5.74, 6) is -0.768. The van der Waals surface area contributed by atoms with Gasteiger partial charge >= 0.3 is 0 Å². The monoisotopic (exact) mass is 487 g/mol. The minimum atomic E-state index is -0.385. The molecule has 2 aliphatic heterocycles. The van der Waals surface area contributed by atoms with E-state index in [9.17, 15) is 14.4 Å². The molecule has 0 spiro atoms. The van der Waals surface area contributed by atoms with Crippen molar-refractivity contribution in [2.24, 2.45) is 0 Å². The van der Waals surface area contributed by atoms with Gasteiger partial charge in [-0.1, -0.05) is 55.1 Å². The van der Waals surface area contributed by atoms with Crippen molar-refractivity contribution in [1.29, 1.82) is 0 Å². The average molecular weight is 488 g/mol. The quantitative estimate of drug-likeness (QED) is 0.583. The summed E-state index contributed by atoms with van der Waals surface area (Å²) in [7, 11) is 0. The van der Waals surface area contributed by atoms with Gasteiger partial charge in [-0.3, -0.25) is 19.3 Å². The fraction of sp³-hybridized carbons (Fsp3) is 0.222. The van der Waals surface area contributed by atoms with Crippen LogP contribution in [0.1, 0.15) is 31.8 Å². The molecular formula is C27H25N3O4S. The summed E-state index contributed by atoms with van der Waals surface area (Å²) >= 11 is 1.37. The first-order valence-electron chi connectivity index (χ1n) is 11.4. The van der Waals surface area contributed by atoms with Crippen LogP contribution in [-0.4, -0.2) is 60.4 Å². The molecule has 3 aromatic rings.